The summed E-state index contributed by atoms with van der Waals surface area (Å²) in [6.45, 7) is 1.98. The predicted molar refractivity (Wildman–Crippen MR) is 60.2 cm³/mol. The Hall–Kier alpha value is -1.13. The zero-order chi connectivity index (χ0) is 11.4. The second-order valence-corrected chi connectivity index (χ2v) is 4.19. The van der Waals surface area contributed by atoms with Crippen LogP contribution in [0.3, 0.4) is 0 Å². The number of ether oxygens (including phenoxy) is 1. The Bertz CT molecular complexity index is 316. The van der Waals surface area contributed by atoms with Crippen LogP contribution in [0.2, 0.25) is 0 Å². The molecule has 0 aromatic rings. The number of aliphatic carboxylic acids is 1. The average Bonchev–Trinajstić information content (AvgIpc) is 2.30. The lowest BCUT2D eigenvalue weighted by atomic mass is 10.0. The molecule has 88 valence electrons. The van der Waals surface area contributed by atoms with Crippen LogP contribution >= 0.6 is 0 Å². The average molecular weight is 223 g/mol. The highest BCUT2D eigenvalue weighted by Gasteiger charge is 2.20. The van der Waals surface area contributed by atoms with Crippen molar-refractivity contribution in [1.82, 2.24) is 5.32 Å². The first kappa shape index (κ1) is 11.4. The number of nitrogens with one attached hydrogen (secondary N) is 1. The second kappa shape index (κ2) is 5.27. The van der Waals surface area contributed by atoms with Crippen LogP contribution in [0.1, 0.15) is 19.3 Å². The highest BCUT2D eigenvalue weighted by atomic mass is 16.5. The van der Waals surface area contributed by atoms with Crippen molar-refractivity contribution in [1.29, 1.82) is 0 Å². The zero-order valence-electron chi connectivity index (χ0n) is 9.19. The van der Waals surface area contributed by atoms with Gasteiger partial charge in [-0.3, -0.25) is 0 Å². The molecule has 1 aliphatic carbocycles. The quantitative estimate of drug-likeness (QED) is 0.752. The molecular formula is C12H17NO3. The molecule has 0 bridgehead atoms. The van der Waals surface area contributed by atoms with Gasteiger partial charge in [-0.1, -0.05) is 12.2 Å². The summed E-state index contributed by atoms with van der Waals surface area (Å²) in [5.74, 6) is -0.880. The molecule has 1 saturated heterocycles. The fraction of sp³-hybridized carbons (Fsp3) is 0.583. The van der Waals surface area contributed by atoms with Crippen LogP contribution < -0.4 is 5.32 Å². The third kappa shape index (κ3) is 2.93. The molecule has 0 amide bonds. The Kier molecular flexibility index (Phi) is 3.74. The largest absolute Gasteiger partial charge is 0.478 e. The van der Waals surface area contributed by atoms with Crippen LogP contribution in [0.25, 0.3) is 0 Å². The lowest BCUT2D eigenvalue weighted by molar-refractivity contribution is -0.132. The molecule has 4 heteroatoms. The molecule has 0 saturated carbocycles. The van der Waals surface area contributed by atoms with Gasteiger partial charge in [0.1, 0.15) is 0 Å². The monoisotopic (exact) mass is 223 g/mol. The number of rotatable bonds is 3. The number of carboxylic acids is 1. The van der Waals surface area contributed by atoms with Gasteiger partial charge in [0.2, 0.25) is 0 Å². The minimum absolute atomic E-state index is 0.0702. The molecule has 16 heavy (non-hydrogen) atoms. The molecule has 1 fully saturated rings. The highest BCUT2D eigenvalue weighted by Crippen LogP contribution is 2.18. The van der Waals surface area contributed by atoms with Crippen molar-refractivity contribution in [2.24, 2.45) is 0 Å². The third-order valence-electron chi connectivity index (χ3n) is 2.93. The summed E-state index contributed by atoms with van der Waals surface area (Å²) >= 11 is 0. The van der Waals surface area contributed by atoms with E-state index in [9.17, 15) is 4.79 Å². The van der Waals surface area contributed by atoms with Gasteiger partial charge in [0, 0.05) is 0 Å². The maximum absolute atomic E-state index is 10.8. The van der Waals surface area contributed by atoms with Gasteiger partial charge in [0.05, 0.1) is 17.8 Å². The molecule has 2 aliphatic rings. The number of hydrogen-bond donors (Lipinski definition) is 2. The smallest absolute Gasteiger partial charge is 0.335 e. The Morgan fingerprint density at radius 3 is 2.88 bits per heavy atom. The molecule has 2 rings (SSSR count). The van der Waals surface area contributed by atoms with E-state index in [1.165, 1.54) is 0 Å². The Morgan fingerprint density at radius 1 is 1.44 bits per heavy atom. The van der Waals surface area contributed by atoms with Gasteiger partial charge in [0.15, 0.2) is 0 Å². The van der Waals surface area contributed by atoms with Crippen LogP contribution in [0, 0.1) is 0 Å². The number of hydrogen-bond acceptors (Lipinski definition) is 3. The van der Waals surface area contributed by atoms with E-state index < -0.39 is 5.97 Å². The molecule has 0 spiro atoms. The SMILES string of the molecule is O=C(O)C1=CC(OC2CCNCC2)CC=C1. The summed E-state index contributed by atoms with van der Waals surface area (Å²) in [5, 5.41) is 12.2. The van der Waals surface area contributed by atoms with Crippen molar-refractivity contribution in [3.8, 4) is 0 Å². The highest BCUT2D eigenvalue weighted by molar-refractivity contribution is 5.90. The summed E-state index contributed by atoms with van der Waals surface area (Å²) in [4.78, 5) is 10.8. The van der Waals surface area contributed by atoms with Gasteiger partial charge < -0.3 is 15.2 Å². The van der Waals surface area contributed by atoms with E-state index in [-0.39, 0.29) is 12.2 Å². The molecule has 1 heterocycles. The minimum Gasteiger partial charge on any atom is -0.478 e. The van der Waals surface area contributed by atoms with Crippen molar-refractivity contribution in [2.75, 3.05) is 13.1 Å². The van der Waals surface area contributed by atoms with E-state index in [4.69, 9.17) is 9.84 Å². The first-order valence-corrected chi connectivity index (χ1v) is 5.73. The lowest BCUT2D eigenvalue weighted by Gasteiger charge is -2.27. The standard InChI is InChI=1S/C12H17NO3/c14-12(15)9-2-1-3-11(8-9)16-10-4-6-13-7-5-10/h1-2,8,10-11,13H,3-7H2,(H,14,15). The van der Waals surface area contributed by atoms with Crippen molar-refractivity contribution in [2.45, 2.75) is 31.5 Å². The fourth-order valence-corrected chi connectivity index (χ4v) is 2.07. The Morgan fingerprint density at radius 2 is 2.19 bits per heavy atom. The topological polar surface area (TPSA) is 58.6 Å². The second-order valence-electron chi connectivity index (χ2n) is 4.19. The minimum atomic E-state index is -0.880. The molecule has 2 N–H and O–H groups in total. The maximum atomic E-state index is 10.8. The molecule has 1 unspecified atom stereocenters. The summed E-state index contributed by atoms with van der Waals surface area (Å²) in [6, 6.07) is 0. The molecule has 4 nitrogen and oxygen atoms in total. The van der Waals surface area contributed by atoms with E-state index in [1.807, 2.05) is 6.08 Å². The van der Waals surface area contributed by atoms with Crippen LogP contribution in [-0.4, -0.2) is 36.4 Å². The van der Waals surface area contributed by atoms with Crippen LogP contribution in [0.5, 0.6) is 0 Å². The normalized spacial score (nSPS) is 26.5. The van der Waals surface area contributed by atoms with Crippen LogP contribution in [0.4, 0.5) is 0 Å². The lowest BCUT2D eigenvalue weighted by Crippen LogP contribution is -2.34. The van der Waals surface area contributed by atoms with Crippen molar-refractivity contribution in [3.05, 3.63) is 23.8 Å². The van der Waals surface area contributed by atoms with Crippen LogP contribution in [0.15, 0.2) is 23.8 Å². The van der Waals surface area contributed by atoms with Gasteiger partial charge >= 0.3 is 5.97 Å². The first-order chi connectivity index (χ1) is 7.75. The summed E-state index contributed by atoms with van der Waals surface area (Å²) < 4.78 is 5.88. The summed E-state index contributed by atoms with van der Waals surface area (Å²) in [5.41, 5.74) is 0.338. The Labute approximate surface area is 95.0 Å². The number of carboxylic acid groups (broad SMARTS) is 1. The predicted octanol–water partition coefficient (Wildman–Crippen LogP) is 1.09. The van der Waals surface area contributed by atoms with Crippen molar-refractivity contribution < 1.29 is 14.6 Å². The van der Waals surface area contributed by atoms with Crippen molar-refractivity contribution in [3.63, 3.8) is 0 Å². The van der Waals surface area contributed by atoms with Gasteiger partial charge in [-0.2, -0.15) is 0 Å². The molecule has 0 radical (unpaired) electrons. The molecule has 0 aromatic carbocycles. The van der Waals surface area contributed by atoms with E-state index >= 15 is 0 Å². The van der Waals surface area contributed by atoms with Gasteiger partial charge in [0.25, 0.3) is 0 Å². The maximum Gasteiger partial charge on any atom is 0.335 e. The summed E-state index contributed by atoms with van der Waals surface area (Å²) in [7, 11) is 0. The molecule has 1 aliphatic heterocycles. The number of carbonyl (C=O) groups is 1. The van der Waals surface area contributed by atoms with Crippen LogP contribution in [-0.2, 0) is 9.53 Å². The van der Waals surface area contributed by atoms with Gasteiger partial charge in [-0.05, 0) is 38.4 Å². The third-order valence-corrected chi connectivity index (χ3v) is 2.93. The molecular weight excluding hydrogens is 206 g/mol. The zero-order valence-corrected chi connectivity index (χ0v) is 9.19. The number of piperidine rings is 1. The van der Waals surface area contributed by atoms with E-state index in [1.54, 1.807) is 12.2 Å². The Balaban J connectivity index is 1.90. The van der Waals surface area contributed by atoms with Crippen molar-refractivity contribution >= 4 is 5.97 Å². The first-order valence-electron chi connectivity index (χ1n) is 5.73. The summed E-state index contributed by atoms with van der Waals surface area (Å²) in [6.07, 6.45) is 8.22. The van der Waals surface area contributed by atoms with E-state index in [0.717, 1.165) is 32.4 Å². The van der Waals surface area contributed by atoms with Gasteiger partial charge in [-0.15, -0.1) is 0 Å². The van der Waals surface area contributed by atoms with Gasteiger partial charge in [-0.25, -0.2) is 4.79 Å². The molecule has 0 aromatic heterocycles. The fourth-order valence-electron chi connectivity index (χ4n) is 2.07. The van der Waals surface area contributed by atoms with E-state index in [0.29, 0.717) is 5.57 Å². The van der Waals surface area contributed by atoms with E-state index in [2.05, 4.69) is 5.32 Å². The molecule has 1 atom stereocenters.